The van der Waals surface area contributed by atoms with Crippen LogP contribution in [0.5, 0.6) is 0 Å². The van der Waals surface area contributed by atoms with E-state index in [0.29, 0.717) is 12.6 Å². The third-order valence-electron chi connectivity index (χ3n) is 5.13. The summed E-state index contributed by atoms with van der Waals surface area (Å²) in [6.07, 6.45) is 3.26. The summed E-state index contributed by atoms with van der Waals surface area (Å²) in [7, 11) is 0. The normalized spacial score (nSPS) is 19.7. The van der Waals surface area contributed by atoms with E-state index in [4.69, 9.17) is 4.98 Å². The summed E-state index contributed by atoms with van der Waals surface area (Å²) in [5.74, 6) is 0.0808. The van der Waals surface area contributed by atoms with Crippen molar-refractivity contribution in [3.63, 3.8) is 0 Å². The predicted octanol–water partition coefficient (Wildman–Crippen LogP) is 3.22. The van der Waals surface area contributed by atoms with Crippen LogP contribution in [0.4, 0.5) is 5.69 Å². The van der Waals surface area contributed by atoms with E-state index < -0.39 is 0 Å². The molecule has 2 aromatic carbocycles. The van der Waals surface area contributed by atoms with E-state index in [-0.39, 0.29) is 5.91 Å². The highest BCUT2D eigenvalue weighted by atomic mass is 32.1. The largest absolute Gasteiger partial charge is 0.321 e. The van der Waals surface area contributed by atoms with Crippen LogP contribution < -0.4 is 10.2 Å². The standard InChI is InChI=1S/C21H23N3OS/c1-2-15-9-11-16(12-10-15)22-20(25)14-24-13-5-7-18(24)21-23-17-6-3-4-8-19(17)26-21/h3-4,6,8-12,18H,2,5,7,13-14H2,1H3,(H,22,25)/p+1/t18-/m1/s1. The fourth-order valence-corrected chi connectivity index (χ4v) is 4.86. The smallest absolute Gasteiger partial charge is 0.279 e. The first-order valence-corrected chi connectivity index (χ1v) is 10.1. The number of aromatic nitrogens is 1. The van der Waals surface area contributed by atoms with Gasteiger partial charge in [0.05, 0.1) is 16.8 Å². The molecule has 4 rings (SSSR count). The molecule has 0 radical (unpaired) electrons. The van der Waals surface area contributed by atoms with Gasteiger partial charge in [-0.3, -0.25) is 4.79 Å². The molecule has 4 nitrogen and oxygen atoms in total. The molecular weight excluding hydrogens is 342 g/mol. The monoisotopic (exact) mass is 366 g/mol. The molecule has 1 aromatic heterocycles. The van der Waals surface area contributed by atoms with Gasteiger partial charge < -0.3 is 10.2 Å². The van der Waals surface area contributed by atoms with Crippen molar-refractivity contribution in [3.05, 3.63) is 59.1 Å². The third-order valence-corrected chi connectivity index (χ3v) is 6.28. The molecule has 0 aliphatic carbocycles. The van der Waals surface area contributed by atoms with Crippen LogP contribution in [0.1, 0.15) is 36.4 Å². The number of benzene rings is 2. The number of aryl methyl sites for hydroxylation is 1. The summed E-state index contributed by atoms with van der Waals surface area (Å²) in [6, 6.07) is 16.7. The lowest BCUT2D eigenvalue weighted by atomic mass is 10.1. The Bertz CT molecular complexity index is 870. The zero-order valence-corrected chi connectivity index (χ0v) is 15.8. The molecule has 0 bridgehead atoms. The Morgan fingerprint density at radius 2 is 2.04 bits per heavy atom. The van der Waals surface area contributed by atoms with Crippen LogP contribution in [0.3, 0.4) is 0 Å². The zero-order valence-electron chi connectivity index (χ0n) is 15.0. The Labute approximate surface area is 157 Å². The zero-order chi connectivity index (χ0) is 17.9. The Morgan fingerprint density at radius 1 is 1.23 bits per heavy atom. The summed E-state index contributed by atoms with van der Waals surface area (Å²) in [5.41, 5.74) is 3.23. The van der Waals surface area contributed by atoms with Crippen molar-refractivity contribution in [1.82, 2.24) is 4.98 Å². The number of para-hydroxylation sites is 1. The summed E-state index contributed by atoms with van der Waals surface area (Å²) >= 11 is 1.77. The Hall–Kier alpha value is -2.24. The molecule has 1 aliphatic rings. The lowest BCUT2D eigenvalue weighted by molar-refractivity contribution is -0.910. The number of carbonyl (C=O) groups excluding carboxylic acids is 1. The van der Waals surface area contributed by atoms with Crippen molar-refractivity contribution in [2.45, 2.75) is 32.2 Å². The fourth-order valence-electron chi connectivity index (χ4n) is 3.70. The van der Waals surface area contributed by atoms with Crippen molar-refractivity contribution in [2.75, 3.05) is 18.4 Å². The minimum absolute atomic E-state index is 0.0808. The van der Waals surface area contributed by atoms with Gasteiger partial charge in [-0.2, -0.15) is 0 Å². The van der Waals surface area contributed by atoms with Gasteiger partial charge in [-0.15, -0.1) is 11.3 Å². The summed E-state index contributed by atoms with van der Waals surface area (Å²) < 4.78 is 1.23. The van der Waals surface area contributed by atoms with Crippen LogP contribution in [0.2, 0.25) is 0 Å². The van der Waals surface area contributed by atoms with Crippen molar-refractivity contribution < 1.29 is 9.69 Å². The van der Waals surface area contributed by atoms with Gasteiger partial charge in [-0.25, -0.2) is 4.98 Å². The van der Waals surface area contributed by atoms with Gasteiger partial charge in [0.15, 0.2) is 11.6 Å². The average molecular weight is 367 g/mol. The maximum atomic E-state index is 12.5. The molecule has 5 heteroatoms. The van der Waals surface area contributed by atoms with Crippen molar-refractivity contribution in [2.24, 2.45) is 0 Å². The first kappa shape index (κ1) is 17.2. The van der Waals surface area contributed by atoms with E-state index in [1.807, 2.05) is 18.2 Å². The molecule has 134 valence electrons. The number of likely N-dealkylation sites (tertiary alicyclic amines) is 1. The highest BCUT2D eigenvalue weighted by molar-refractivity contribution is 7.18. The number of rotatable bonds is 5. The van der Waals surface area contributed by atoms with Gasteiger partial charge in [0, 0.05) is 18.5 Å². The SMILES string of the molecule is CCc1ccc(NC(=O)C[NH+]2CCC[C@@H]2c2nc3ccccc3s2)cc1. The van der Waals surface area contributed by atoms with Crippen molar-refractivity contribution in [3.8, 4) is 0 Å². The maximum Gasteiger partial charge on any atom is 0.279 e. The second kappa shape index (κ2) is 7.56. The first-order valence-electron chi connectivity index (χ1n) is 9.32. The Morgan fingerprint density at radius 3 is 2.81 bits per heavy atom. The maximum absolute atomic E-state index is 12.5. The number of hydrogen-bond donors (Lipinski definition) is 2. The van der Waals surface area contributed by atoms with Crippen LogP contribution >= 0.6 is 11.3 Å². The van der Waals surface area contributed by atoms with E-state index in [0.717, 1.165) is 37.0 Å². The Kier molecular flexibility index (Phi) is 5.00. The topological polar surface area (TPSA) is 46.4 Å². The van der Waals surface area contributed by atoms with E-state index in [9.17, 15) is 4.79 Å². The molecule has 0 saturated carbocycles. The van der Waals surface area contributed by atoms with Crippen LogP contribution in [0.25, 0.3) is 10.2 Å². The lowest BCUT2D eigenvalue weighted by Gasteiger charge is -2.19. The highest BCUT2D eigenvalue weighted by Gasteiger charge is 2.33. The summed E-state index contributed by atoms with van der Waals surface area (Å²) in [5, 5.41) is 4.21. The molecule has 3 aromatic rings. The van der Waals surface area contributed by atoms with Gasteiger partial charge in [0.2, 0.25) is 0 Å². The van der Waals surface area contributed by atoms with Gasteiger partial charge in [0.25, 0.3) is 5.91 Å². The second-order valence-electron chi connectivity index (χ2n) is 6.90. The van der Waals surface area contributed by atoms with Gasteiger partial charge in [0.1, 0.15) is 6.04 Å². The minimum Gasteiger partial charge on any atom is -0.321 e. The number of amides is 1. The second-order valence-corrected chi connectivity index (χ2v) is 7.96. The van der Waals surface area contributed by atoms with Crippen molar-refractivity contribution >= 4 is 33.1 Å². The molecule has 1 unspecified atom stereocenters. The number of anilines is 1. The summed E-state index contributed by atoms with van der Waals surface area (Å²) in [4.78, 5) is 18.7. The molecule has 1 saturated heterocycles. The van der Waals surface area contributed by atoms with E-state index in [1.165, 1.54) is 20.2 Å². The average Bonchev–Trinajstić information content (AvgIpc) is 3.28. The number of hydrogen-bond acceptors (Lipinski definition) is 3. The number of nitrogens with one attached hydrogen (secondary N) is 2. The van der Waals surface area contributed by atoms with Crippen LogP contribution in [-0.2, 0) is 11.2 Å². The van der Waals surface area contributed by atoms with Crippen LogP contribution in [0, 0.1) is 0 Å². The molecule has 2 atom stereocenters. The quantitative estimate of drug-likeness (QED) is 0.728. The molecule has 26 heavy (non-hydrogen) atoms. The van der Waals surface area contributed by atoms with Crippen LogP contribution in [-0.4, -0.2) is 24.0 Å². The minimum atomic E-state index is 0.0808. The highest BCUT2D eigenvalue weighted by Crippen LogP contribution is 2.28. The van der Waals surface area contributed by atoms with Gasteiger partial charge in [-0.1, -0.05) is 31.2 Å². The molecule has 1 fully saturated rings. The predicted molar refractivity (Wildman–Crippen MR) is 107 cm³/mol. The number of quaternary nitrogens is 1. The van der Waals surface area contributed by atoms with Gasteiger partial charge in [-0.05, 0) is 36.2 Å². The van der Waals surface area contributed by atoms with E-state index in [2.05, 4.69) is 42.6 Å². The van der Waals surface area contributed by atoms with E-state index >= 15 is 0 Å². The van der Waals surface area contributed by atoms with Crippen LogP contribution in [0.15, 0.2) is 48.5 Å². The first-order chi connectivity index (χ1) is 12.7. The third kappa shape index (κ3) is 3.64. The van der Waals surface area contributed by atoms with Crippen molar-refractivity contribution in [1.29, 1.82) is 0 Å². The van der Waals surface area contributed by atoms with E-state index in [1.54, 1.807) is 11.3 Å². The number of thiazole rings is 1. The molecule has 2 N–H and O–H groups in total. The fraction of sp³-hybridized carbons (Fsp3) is 0.333. The Balaban J connectivity index is 1.43. The molecule has 0 spiro atoms. The van der Waals surface area contributed by atoms with Gasteiger partial charge >= 0.3 is 0 Å². The number of nitrogens with zero attached hydrogens (tertiary/aromatic N) is 1. The molecular formula is C21H24N3OS+. The molecule has 1 amide bonds. The lowest BCUT2D eigenvalue weighted by Crippen LogP contribution is -3.11. The number of fused-ring (bicyclic) bond motifs is 1. The summed E-state index contributed by atoms with van der Waals surface area (Å²) in [6.45, 7) is 3.66. The molecule has 1 aliphatic heterocycles. The number of carbonyl (C=O) groups is 1. The molecule has 2 heterocycles.